The second kappa shape index (κ2) is 8.81. The fourth-order valence-corrected chi connectivity index (χ4v) is 3.88. The van der Waals surface area contributed by atoms with Crippen molar-refractivity contribution < 1.29 is 9.53 Å². The van der Waals surface area contributed by atoms with E-state index in [-0.39, 0.29) is 42.5 Å². The van der Waals surface area contributed by atoms with Gasteiger partial charge in [0.15, 0.2) is 0 Å². The summed E-state index contributed by atoms with van der Waals surface area (Å²) in [7, 11) is 0. The van der Waals surface area contributed by atoms with Gasteiger partial charge in [0.25, 0.3) is 0 Å². The number of carbonyl (C=O) groups is 1. The molecule has 4 unspecified atom stereocenters. The normalized spacial score (nSPS) is 22.8. The predicted octanol–water partition coefficient (Wildman–Crippen LogP) is 3.79. The van der Waals surface area contributed by atoms with Crippen molar-refractivity contribution in [3.63, 3.8) is 0 Å². The number of benzene rings is 1. The van der Waals surface area contributed by atoms with Gasteiger partial charge in [0.05, 0.1) is 18.6 Å². The Labute approximate surface area is 159 Å². The van der Waals surface area contributed by atoms with Crippen molar-refractivity contribution in [1.82, 2.24) is 4.90 Å². The molecular formula is C19H25ClN2O2S. The number of hydrogen-bond donors (Lipinski definition) is 1. The molecule has 0 radical (unpaired) electrons. The number of nitrogens with zero attached hydrogens (tertiary/aromatic N) is 1. The molecule has 3 rings (SSSR count). The van der Waals surface area contributed by atoms with Gasteiger partial charge in [-0.3, -0.25) is 4.79 Å². The zero-order valence-corrected chi connectivity index (χ0v) is 16.1. The Morgan fingerprint density at radius 3 is 2.64 bits per heavy atom. The highest BCUT2D eigenvalue weighted by Gasteiger charge is 2.33. The van der Waals surface area contributed by atoms with Crippen LogP contribution in [0.3, 0.4) is 0 Å². The highest BCUT2D eigenvalue weighted by molar-refractivity contribution is 7.07. The van der Waals surface area contributed by atoms with E-state index in [1.807, 2.05) is 54.5 Å². The average Bonchev–Trinajstić information content (AvgIpc) is 3.14. The van der Waals surface area contributed by atoms with Crippen molar-refractivity contribution in [2.75, 3.05) is 13.1 Å². The molecule has 0 spiro atoms. The minimum Gasteiger partial charge on any atom is -0.367 e. The summed E-state index contributed by atoms with van der Waals surface area (Å²) in [5.41, 5.74) is 8.47. The van der Waals surface area contributed by atoms with Crippen molar-refractivity contribution in [2.45, 2.75) is 32.1 Å². The molecule has 136 valence electrons. The molecule has 1 fully saturated rings. The number of ether oxygens (including phenoxy) is 1. The van der Waals surface area contributed by atoms with Crippen LogP contribution in [0, 0.1) is 5.92 Å². The third-order valence-corrected chi connectivity index (χ3v) is 5.30. The van der Waals surface area contributed by atoms with Crippen LogP contribution in [0.4, 0.5) is 0 Å². The Morgan fingerprint density at radius 1 is 1.28 bits per heavy atom. The number of rotatable bonds is 4. The van der Waals surface area contributed by atoms with E-state index in [0.29, 0.717) is 13.1 Å². The lowest BCUT2D eigenvalue weighted by Crippen LogP contribution is -2.49. The number of hydrogen-bond acceptors (Lipinski definition) is 4. The largest absolute Gasteiger partial charge is 0.367 e. The SMILES string of the molecule is CC1CN(C(=O)C(C)C(N)c2ccccc2)CC(c2ccsc2)O1.Cl. The van der Waals surface area contributed by atoms with Gasteiger partial charge in [0.1, 0.15) is 6.10 Å². The zero-order valence-electron chi connectivity index (χ0n) is 14.5. The fourth-order valence-electron chi connectivity index (χ4n) is 3.18. The number of carbonyl (C=O) groups excluding carboxylic acids is 1. The lowest BCUT2D eigenvalue weighted by molar-refractivity contribution is -0.149. The fraction of sp³-hybridized carbons (Fsp3) is 0.421. The van der Waals surface area contributed by atoms with Gasteiger partial charge in [0.2, 0.25) is 5.91 Å². The number of halogens is 1. The molecule has 0 bridgehead atoms. The van der Waals surface area contributed by atoms with Crippen LogP contribution < -0.4 is 5.73 Å². The van der Waals surface area contributed by atoms with E-state index in [1.165, 1.54) is 0 Å². The summed E-state index contributed by atoms with van der Waals surface area (Å²) in [6.45, 7) is 5.14. The van der Waals surface area contributed by atoms with E-state index in [2.05, 4.69) is 11.4 Å². The van der Waals surface area contributed by atoms with Crippen LogP contribution in [0.5, 0.6) is 0 Å². The van der Waals surface area contributed by atoms with Crippen molar-refractivity contribution in [3.8, 4) is 0 Å². The quantitative estimate of drug-likeness (QED) is 0.877. The Hall–Kier alpha value is -1.40. The molecule has 6 heteroatoms. The van der Waals surface area contributed by atoms with Gasteiger partial charge < -0.3 is 15.4 Å². The second-order valence-corrected chi connectivity index (χ2v) is 7.24. The smallest absolute Gasteiger partial charge is 0.227 e. The maximum Gasteiger partial charge on any atom is 0.227 e. The summed E-state index contributed by atoms with van der Waals surface area (Å²) >= 11 is 1.65. The molecule has 1 aromatic heterocycles. The molecule has 1 aromatic carbocycles. The Bertz CT molecular complexity index is 665. The Kier molecular flexibility index (Phi) is 7.02. The topological polar surface area (TPSA) is 55.6 Å². The van der Waals surface area contributed by atoms with Crippen LogP contribution in [0.25, 0.3) is 0 Å². The van der Waals surface area contributed by atoms with Crippen molar-refractivity contribution in [1.29, 1.82) is 0 Å². The monoisotopic (exact) mass is 380 g/mol. The lowest BCUT2D eigenvalue weighted by Gasteiger charge is -2.38. The van der Waals surface area contributed by atoms with Crippen molar-refractivity contribution in [3.05, 3.63) is 58.3 Å². The zero-order chi connectivity index (χ0) is 17.1. The van der Waals surface area contributed by atoms with Gasteiger partial charge in [-0.25, -0.2) is 0 Å². The summed E-state index contributed by atoms with van der Waals surface area (Å²) in [6.07, 6.45) is -0.0307. The first-order valence-corrected chi connectivity index (χ1v) is 9.27. The minimum atomic E-state index is -0.295. The summed E-state index contributed by atoms with van der Waals surface area (Å²) in [5.74, 6) is -0.164. The summed E-state index contributed by atoms with van der Waals surface area (Å²) in [5, 5.41) is 4.13. The van der Waals surface area contributed by atoms with Crippen LogP contribution >= 0.6 is 23.7 Å². The van der Waals surface area contributed by atoms with E-state index in [4.69, 9.17) is 10.5 Å². The number of morpholine rings is 1. The van der Waals surface area contributed by atoms with Crippen LogP contribution in [0.15, 0.2) is 47.2 Å². The number of thiophene rings is 1. The van der Waals surface area contributed by atoms with Crippen LogP contribution in [0.2, 0.25) is 0 Å². The molecule has 2 aromatic rings. The third kappa shape index (κ3) is 4.61. The highest BCUT2D eigenvalue weighted by Crippen LogP contribution is 2.29. The van der Waals surface area contributed by atoms with Gasteiger partial charge in [-0.15, -0.1) is 12.4 Å². The molecule has 1 saturated heterocycles. The van der Waals surface area contributed by atoms with Gasteiger partial charge in [-0.1, -0.05) is 37.3 Å². The van der Waals surface area contributed by atoms with E-state index >= 15 is 0 Å². The van der Waals surface area contributed by atoms with E-state index in [1.54, 1.807) is 11.3 Å². The highest BCUT2D eigenvalue weighted by atomic mass is 35.5. The van der Waals surface area contributed by atoms with Crippen molar-refractivity contribution in [2.24, 2.45) is 11.7 Å². The standard InChI is InChI=1S/C19H24N2O2S.ClH/c1-13-10-21(11-17(23-13)16-8-9-24-12-16)19(22)14(2)18(20)15-6-4-3-5-7-15;/h3-9,12-14,17-18H,10-11,20H2,1-2H3;1H. The number of nitrogens with two attached hydrogens (primary N) is 1. The summed E-state index contributed by atoms with van der Waals surface area (Å²) < 4.78 is 6.02. The molecule has 1 aliphatic rings. The van der Waals surface area contributed by atoms with Gasteiger partial charge in [-0.05, 0) is 34.9 Å². The van der Waals surface area contributed by atoms with Gasteiger partial charge >= 0.3 is 0 Å². The maximum atomic E-state index is 13.0. The molecular weight excluding hydrogens is 356 g/mol. The molecule has 4 atom stereocenters. The predicted molar refractivity (Wildman–Crippen MR) is 104 cm³/mol. The van der Waals surface area contributed by atoms with E-state index in [9.17, 15) is 4.79 Å². The lowest BCUT2D eigenvalue weighted by atomic mass is 9.93. The summed E-state index contributed by atoms with van der Waals surface area (Å²) in [6, 6.07) is 11.6. The summed E-state index contributed by atoms with van der Waals surface area (Å²) in [4.78, 5) is 14.9. The first-order chi connectivity index (χ1) is 11.6. The van der Waals surface area contributed by atoms with Crippen LogP contribution in [-0.4, -0.2) is 30.0 Å². The molecule has 0 aliphatic carbocycles. The third-order valence-electron chi connectivity index (χ3n) is 4.60. The minimum absolute atomic E-state index is 0. The maximum absolute atomic E-state index is 13.0. The molecule has 2 heterocycles. The Balaban J connectivity index is 0.00000225. The molecule has 25 heavy (non-hydrogen) atoms. The van der Waals surface area contributed by atoms with Crippen LogP contribution in [0.1, 0.15) is 37.1 Å². The molecule has 4 nitrogen and oxygen atoms in total. The van der Waals surface area contributed by atoms with Gasteiger partial charge in [0, 0.05) is 12.6 Å². The first-order valence-electron chi connectivity index (χ1n) is 8.33. The molecule has 1 aliphatic heterocycles. The number of amides is 1. The van der Waals surface area contributed by atoms with Crippen molar-refractivity contribution >= 4 is 29.7 Å². The van der Waals surface area contributed by atoms with Gasteiger partial charge in [-0.2, -0.15) is 11.3 Å². The Morgan fingerprint density at radius 2 is 2.00 bits per heavy atom. The molecule has 2 N–H and O–H groups in total. The molecule has 1 amide bonds. The van der Waals surface area contributed by atoms with E-state index in [0.717, 1.165) is 11.1 Å². The first kappa shape index (κ1) is 19.9. The average molecular weight is 381 g/mol. The van der Waals surface area contributed by atoms with E-state index < -0.39 is 0 Å². The van der Waals surface area contributed by atoms with Crippen LogP contribution in [-0.2, 0) is 9.53 Å². The second-order valence-electron chi connectivity index (χ2n) is 6.46. The molecule has 0 saturated carbocycles.